The molecule has 1 saturated heterocycles. The third-order valence-electron chi connectivity index (χ3n) is 6.04. The SMILES string of the molecule is Cc1cnc2c(S(=O)(=O)N3CCC(C(=O)Nc4ccc(-n5ccnc5)nc4)CC3)cccc2c1. The number of nitrogens with zero attached hydrogens (tertiary/aromatic N) is 5. The predicted octanol–water partition coefficient (Wildman–Crippen LogP) is 3.16. The summed E-state index contributed by atoms with van der Waals surface area (Å²) in [7, 11) is -3.71. The van der Waals surface area contributed by atoms with Gasteiger partial charge in [0.25, 0.3) is 0 Å². The minimum absolute atomic E-state index is 0.128. The van der Waals surface area contributed by atoms with Crippen molar-refractivity contribution in [2.75, 3.05) is 18.4 Å². The molecule has 4 aromatic rings. The van der Waals surface area contributed by atoms with Crippen LogP contribution in [0.1, 0.15) is 18.4 Å². The van der Waals surface area contributed by atoms with E-state index in [9.17, 15) is 13.2 Å². The number of para-hydroxylation sites is 1. The molecule has 0 spiro atoms. The fraction of sp³-hybridized carbons (Fsp3) is 0.250. The lowest BCUT2D eigenvalue weighted by Crippen LogP contribution is -2.41. The van der Waals surface area contributed by atoms with Crippen LogP contribution in [0.5, 0.6) is 0 Å². The van der Waals surface area contributed by atoms with Crippen molar-refractivity contribution in [2.24, 2.45) is 5.92 Å². The van der Waals surface area contributed by atoms with E-state index in [2.05, 4.69) is 20.3 Å². The zero-order chi connectivity index (χ0) is 23.7. The van der Waals surface area contributed by atoms with Crippen LogP contribution in [-0.4, -0.2) is 51.2 Å². The van der Waals surface area contributed by atoms with E-state index in [4.69, 9.17) is 0 Å². The Balaban J connectivity index is 1.24. The zero-order valence-corrected chi connectivity index (χ0v) is 19.4. The van der Waals surface area contributed by atoms with Gasteiger partial charge in [0.2, 0.25) is 15.9 Å². The van der Waals surface area contributed by atoms with Gasteiger partial charge in [0.15, 0.2) is 0 Å². The van der Waals surface area contributed by atoms with Gasteiger partial charge in [0.05, 0.1) is 17.4 Å². The van der Waals surface area contributed by atoms with E-state index >= 15 is 0 Å². The topological polar surface area (TPSA) is 110 Å². The summed E-state index contributed by atoms with van der Waals surface area (Å²) >= 11 is 0. The number of aryl methyl sites for hydroxylation is 1. The Hall–Kier alpha value is -3.63. The molecule has 1 fully saturated rings. The highest BCUT2D eigenvalue weighted by Crippen LogP contribution is 2.28. The number of amides is 1. The molecule has 0 bridgehead atoms. The molecule has 174 valence electrons. The van der Waals surface area contributed by atoms with E-state index in [0.29, 0.717) is 29.9 Å². The van der Waals surface area contributed by atoms with Crippen LogP contribution in [-0.2, 0) is 14.8 Å². The van der Waals surface area contributed by atoms with Gasteiger partial charge in [0.1, 0.15) is 17.0 Å². The maximum atomic E-state index is 13.4. The molecular weight excluding hydrogens is 452 g/mol. The van der Waals surface area contributed by atoms with Gasteiger partial charge in [0, 0.05) is 43.0 Å². The Kier molecular flexibility index (Phi) is 5.84. The number of hydrogen-bond acceptors (Lipinski definition) is 6. The van der Waals surface area contributed by atoms with Gasteiger partial charge in [-0.15, -0.1) is 0 Å². The van der Waals surface area contributed by atoms with Crippen molar-refractivity contribution in [1.29, 1.82) is 0 Å². The molecule has 4 heterocycles. The lowest BCUT2D eigenvalue weighted by molar-refractivity contribution is -0.120. The van der Waals surface area contributed by atoms with E-state index in [0.717, 1.165) is 10.9 Å². The number of piperidine rings is 1. The number of pyridine rings is 2. The average Bonchev–Trinajstić information content (AvgIpc) is 3.39. The first-order valence-electron chi connectivity index (χ1n) is 11.0. The van der Waals surface area contributed by atoms with Crippen LogP contribution in [0.4, 0.5) is 5.69 Å². The highest BCUT2D eigenvalue weighted by Gasteiger charge is 2.33. The maximum Gasteiger partial charge on any atom is 0.245 e. The van der Waals surface area contributed by atoms with Crippen LogP contribution in [0.25, 0.3) is 16.7 Å². The highest BCUT2D eigenvalue weighted by molar-refractivity contribution is 7.89. The van der Waals surface area contributed by atoms with Gasteiger partial charge in [-0.1, -0.05) is 12.1 Å². The average molecular weight is 477 g/mol. The number of aromatic nitrogens is 4. The lowest BCUT2D eigenvalue weighted by atomic mass is 9.97. The van der Waals surface area contributed by atoms with Crippen LogP contribution in [0.15, 0.2) is 72.4 Å². The molecule has 1 aliphatic rings. The molecule has 0 aliphatic carbocycles. The van der Waals surface area contributed by atoms with E-state index in [-0.39, 0.29) is 29.8 Å². The third-order valence-corrected chi connectivity index (χ3v) is 7.97. The summed E-state index contributed by atoms with van der Waals surface area (Å²) in [6.45, 7) is 2.48. The Bertz CT molecular complexity index is 1430. The molecule has 0 saturated carbocycles. The van der Waals surface area contributed by atoms with Crippen LogP contribution >= 0.6 is 0 Å². The van der Waals surface area contributed by atoms with Crippen LogP contribution < -0.4 is 5.32 Å². The quantitative estimate of drug-likeness (QED) is 0.474. The molecule has 0 unspecified atom stereocenters. The lowest BCUT2D eigenvalue weighted by Gasteiger charge is -2.30. The fourth-order valence-electron chi connectivity index (χ4n) is 4.20. The standard InChI is InChI=1S/C24H24N6O3S/c1-17-13-19-3-2-4-21(23(19)27-14-17)34(32,33)30-10-7-18(8-11-30)24(31)28-20-5-6-22(26-15-20)29-12-9-25-16-29/h2-6,9,12-16,18H,7-8,10-11H2,1H3,(H,28,31). The van der Waals surface area contributed by atoms with Crippen molar-refractivity contribution < 1.29 is 13.2 Å². The van der Waals surface area contributed by atoms with Gasteiger partial charge >= 0.3 is 0 Å². The van der Waals surface area contributed by atoms with Crippen LogP contribution in [0, 0.1) is 12.8 Å². The molecule has 9 nitrogen and oxygen atoms in total. The second-order valence-corrected chi connectivity index (χ2v) is 10.3. The molecule has 1 aliphatic heterocycles. The summed E-state index contributed by atoms with van der Waals surface area (Å²) in [5.41, 5.74) is 2.04. The third kappa shape index (κ3) is 4.29. The summed E-state index contributed by atoms with van der Waals surface area (Å²) < 4.78 is 29.9. The Morgan fingerprint density at radius 3 is 2.62 bits per heavy atom. The first-order chi connectivity index (χ1) is 16.4. The number of anilines is 1. The van der Waals surface area contributed by atoms with Crippen molar-refractivity contribution in [3.05, 3.63) is 73.1 Å². The predicted molar refractivity (Wildman–Crippen MR) is 128 cm³/mol. The number of fused-ring (bicyclic) bond motifs is 1. The summed E-state index contributed by atoms with van der Waals surface area (Å²) in [5, 5.41) is 3.69. The minimum atomic E-state index is -3.71. The second-order valence-electron chi connectivity index (χ2n) is 8.38. The van der Waals surface area contributed by atoms with E-state index in [1.807, 2.05) is 19.1 Å². The van der Waals surface area contributed by atoms with Gasteiger partial charge in [-0.05, 0) is 49.6 Å². The summed E-state index contributed by atoms with van der Waals surface area (Å²) in [5.74, 6) is 0.302. The molecule has 3 aromatic heterocycles. The van der Waals surface area contributed by atoms with Crippen LogP contribution in [0.2, 0.25) is 0 Å². The smallest absolute Gasteiger partial charge is 0.245 e. The van der Waals surface area contributed by atoms with Gasteiger partial charge in [-0.25, -0.2) is 18.4 Å². The summed E-state index contributed by atoms with van der Waals surface area (Å²) in [4.78, 5) is 25.7. The monoisotopic (exact) mass is 476 g/mol. The van der Waals surface area contributed by atoms with Crippen molar-refractivity contribution in [3.8, 4) is 5.82 Å². The fourth-order valence-corrected chi connectivity index (χ4v) is 5.84. The summed E-state index contributed by atoms with van der Waals surface area (Å²) in [6.07, 6.45) is 9.28. The zero-order valence-electron chi connectivity index (χ0n) is 18.6. The van der Waals surface area contributed by atoms with E-state index in [1.54, 1.807) is 59.9 Å². The minimum Gasteiger partial charge on any atom is -0.324 e. The normalized spacial score (nSPS) is 15.4. The number of nitrogens with one attached hydrogen (secondary N) is 1. The highest BCUT2D eigenvalue weighted by atomic mass is 32.2. The van der Waals surface area contributed by atoms with E-state index < -0.39 is 10.0 Å². The van der Waals surface area contributed by atoms with Gasteiger partial charge in [-0.2, -0.15) is 4.31 Å². The van der Waals surface area contributed by atoms with Crippen molar-refractivity contribution >= 4 is 32.5 Å². The molecule has 0 atom stereocenters. The Labute approximate surface area is 197 Å². The van der Waals surface area contributed by atoms with Crippen LogP contribution in [0.3, 0.4) is 0 Å². The number of hydrogen-bond donors (Lipinski definition) is 1. The Morgan fingerprint density at radius 1 is 1.09 bits per heavy atom. The molecule has 10 heteroatoms. The largest absolute Gasteiger partial charge is 0.324 e. The summed E-state index contributed by atoms with van der Waals surface area (Å²) in [6, 6.07) is 10.7. The number of benzene rings is 1. The number of imidazole rings is 1. The number of carbonyl (C=O) groups is 1. The van der Waals surface area contributed by atoms with Crippen molar-refractivity contribution in [3.63, 3.8) is 0 Å². The number of carbonyl (C=O) groups excluding carboxylic acids is 1. The van der Waals surface area contributed by atoms with Crippen molar-refractivity contribution in [2.45, 2.75) is 24.7 Å². The second kappa shape index (κ2) is 8.96. The Morgan fingerprint density at radius 2 is 1.91 bits per heavy atom. The van der Waals surface area contributed by atoms with Gasteiger partial charge < -0.3 is 5.32 Å². The molecule has 1 amide bonds. The number of sulfonamides is 1. The maximum absolute atomic E-state index is 13.4. The van der Waals surface area contributed by atoms with Gasteiger partial charge in [-0.3, -0.25) is 14.3 Å². The molecule has 1 N–H and O–H groups in total. The molecular formula is C24H24N6O3S. The molecule has 5 rings (SSSR count). The molecule has 1 aromatic carbocycles. The molecule has 0 radical (unpaired) electrons. The first kappa shape index (κ1) is 22.2. The van der Waals surface area contributed by atoms with Crippen molar-refractivity contribution in [1.82, 2.24) is 23.8 Å². The first-order valence-corrected chi connectivity index (χ1v) is 12.5. The number of rotatable bonds is 5. The molecule has 34 heavy (non-hydrogen) atoms. The van der Waals surface area contributed by atoms with E-state index in [1.165, 1.54) is 4.31 Å².